The highest BCUT2D eigenvalue weighted by molar-refractivity contribution is 5.85. The second-order valence-corrected chi connectivity index (χ2v) is 2.35. The standard InChI is InChI=1S/C6H14N2.2ClH/c1-7-5-6-3-2-4-8-6;;/h6-8H,2-5H2,1H3;2*1H/t6-;;/m1../s1. The Bertz CT molecular complexity index is 64.8. The zero-order valence-corrected chi connectivity index (χ0v) is 7.86. The van der Waals surface area contributed by atoms with Crippen LogP contribution in [-0.2, 0) is 0 Å². The van der Waals surface area contributed by atoms with Crippen LogP contribution in [0.5, 0.6) is 0 Å². The number of nitrogens with one attached hydrogen (secondary N) is 2. The molecule has 0 spiro atoms. The van der Waals surface area contributed by atoms with Gasteiger partial charge in [0.15, 0.2) is 0 Å². The predicted molar refractivity (Wildman–Crippen MR) is 49.4 cm³/mol. The third kappa shape index (κ3) is 4.34. The first-order valence-corrected chi connectivity index (χ1v) is 3.31. The summed E-state index contributed by atoms with van der Waals surface area (Å²) in [6, 6.07) is 0.750. The van der Waals surface area contributed by atoms with Gasteiger partial charge in [-0.25, -0.2) is 0 Å². The van der Waals surface area contributed by atoms with Crippen LogP contribution < -0.4 is 10.6 Å². The smallest absolute Gasteiger partial charge is 0.0192 e. The Balaban J connectivity index is 0. The van der Waals surface area contributed by atoms with Gasteiger partial charge in [0, 0.05) is 12.6 Å². The molecule has 1 rings (SSSR count). The second-order valence-electron chi connectivity index (χ2n) is 2.35. The molecule has 2 nitrogen and oxygen atoms in total. The van der Waals surface area contributed by atoms with Crippen molar-refractivity contribution in [1.29, 1.82) is 0 Å². The summed E-state index contributed by atoms with van der Waals surface area (Å²) in [4.78, 5) is 0. The van der Waals surface area contributed by atoms with E-state index in [4.69, 9.17) is 0 Å². The third-order valence-electron chi connectivity index (χ3n) is 1.61. The van der Waals surface area contributed by atoms with Crippen LogP contribution in [0.25, 0.3) is 0 Å². The SMILES string of the molecule is CNC[C@H]1CCCN1.Cl.Cl. The maximum absolute atomic E-state index is 3.40. The molecule has 64 valence electrons. The first-order chi connectivity index (χ1) is 3.93. The molecule has 0 bridgehead atoms. The van der Waals surface area contributed by atoms with Gasteiger partial charge in [0.2, 0.25) is 0 Å². The van der Waals surface area contributed by atoms with Crippen LogP contribution in [0, 0.1) is 0 Å². The van der Waals surface area contributed by atoms with Crippen molar-refractivity contribution in [3.05, 3.63) is 0 Å². The lowest BCUT2D eigenvalue weighted by Gasteiger charge is -2.06. The summed E-state index contributed by atoms with van der Waals surface area (Å²) < 4.78 is 0. The van der Waals surface area contributed by atoms with Crippen LogP contribution >= 0.6 is 24.8 Å². The van der Waals surface area contributed by atoms with Gasteiger partial charge in [0.1, 0.15) is 0 Å². The number of halogens is 2. The molecule has 0 saturated carbocycles. The van der Waals surface area contributed by atoms with Crippen LogP contribution in [0.1, 0.15) is 12.8 Å². The molecule has 1 aliphatic rings. The Kier molecular flexibility index (Phi) is 9.97. The molecule has 10 heavy (non-hydrogen) atoms. The number of rotatable bonds is 2. The van der Waals surface area contributed by atoms with Crippen LogP contribution in [-0.4, -0.2) is 26.2 Å². The molecule has 0 aromatic carbocycles. The highest BCUT2D eigenvalue weighted by Gasteiger charge is 2.11. The number of likely N-dealkylation sites (N-methyl/N-ethyl adjacent to an activating group) is 1. The fourth-order valence-electron chi connectivity index (χ4n) is 1.18. The largest absolute Gasteiger partial charge is 0.318 e. The molecule has 0 unspecified atom stereocenters. The molecule has 1 aliphatic heterocycles. The van der Waals surface area contributed by atoms with Crippen LogP contribution in [0.4, 0.5) is 0 Å². The second kappa shape index (κ2) is 7.61. The summed E-state index contributed by atoms with van der Waals surface area (Å²) in [7, 11) is 2.00. The third-order valence-corrected chi connectivity index (χ3v) is 1.61. The number of hydrogen-bond acceptors (Lipinski definition) is 2. The summed E-state index contributed by atoms with van der Waals surface area (Å²) in [6.07, 6.45) is 2.70. The molecular formula is C6H16Cl2N2. The van der Waals surface area contributed by atoms with Gasteiger partial charge in [0.05, 0.1) is 0 Å². The van der Waals surface area contributed by atoms with Gasteiger partial charge in [-0.05, 0) is 26.4 Å². The van der Waals surface area contributed by atoms with E-state index in [1.54, 1.807) is 0 Å². The predicted octanol–water partition coefficient (Wildman–Crippen LogP) is 0.801. The molecule has 0 radical (unpaired) electrons. The van der Waals surface area contributed by atoms with E-state index in [9.17, 15) is 0 Å². The molecule has 0 amide bonds. The molecule has 4 heteroatoms. The van der Waals surface area contributed by atoms with E-state index in [-0.39, 0.29) is 24.8 Å². The monoisotopic (exact) mass is 186 g/mol. The van der Waals surface area contributed by atoms with Crippen molar-refractivity contribution in [2.24, 2.45) is 0 Å². The minimum absolute atomic E-state index is 0. The zero-order valence-electron chi connectivity index (χ0n) is 6.22. The molecule has 2 N–H and O–H groups in total. The van der Waals surface area contributed by atoms with E-state index in [1.807, 2.05) is 7.05 Å². The quantitative estimate of drug-likeness (QED) is 0.668. The van der Waals surface area contributed by atoms with Crippen molar-refractivity contribution in [2.75, 3.05) is 20.1 Å². The summed E-state index contributed by atoms with van der Waals surface area (Å²) in [6.45, 7) is 2.34. The summed E-state index contributed by atoms with van der Waals surface area (Å²) >= 11 is 0. The van der Waals surface area contributed by atoms with Crippen LogP contribution in [0.15, 0.2) is 0 Å². The van der Waals surface area contributed by atoms with E-state index >= 15 is 0 Å². The fourth-order valence-corrected chi connectivity index (χ4v) is 1.18. The molecule has 0 aromatic rings. The fraction of sp³-hybridized carbons (Fsp3) is 1.00. The first-order valence-electron chi connectivity index (χ1n) is 3.31. The lowest BCUT2D eigenvalue weighted by Crippen LogP contribution is -2.31. The van der Waals surface area contributed by atoms with E-state index < -0.39 is 0 Å². The van der Waals surface area contributed by atoms with Gasteiger partial charge < -0.3 is 10.6 Å². The normalized spacial score (nSPS) is 23.1. The van der Waals surface area contributed by atoms with Gasteiger partial charge in [-0.3, -0.25) is 0 Å². The average Bonchev–Trinajstić information content (AvgIpc) is 2.19. The Morgan fingerprint density at radius 3 is 2.60 bits per heavy atom. The topological polar surface area (TPSA) is 24.1 Å². The average molecular weight is 187 g/mol. The van der Waals surface area contributed by atoms with Gasteiger partial charge in [-0.15, -0.1) is 24.8 Å². The van der Waals surface area contributed by atoms with Crippen LogP contribution in [0.2, 0.25) is 0 Å². The molecule has 0 aromatic heterocycles. The van der Waals surface area contributed by atoms with Crippen molar-refractivity contribution in [3.8, 4) is 0 Å². The summed E-state index contributed by atoms with van der Waals surface area (Å²) in [5.41, 5.74) is 0. The van der Waals surface area contributed by atoms with E-state index in [0.717, 1.165) is 12.6 Å². The van der Waals surface area contributed by atoms with Gasteiger partial charge in [-0.2, -0.15) is 0 Å². The zero-order chi connectivity index (χ0) is 5.82. The lowest BCUT2D eigenvalue weighted by molar-refractivity contribution is 0.568. The minimum Gasteiger partial charge on any atom is -0.318 e. The van der Waals surface area contributed by atoms with Crippen molar-refractivity contribution in [1.82, 2.24) is 10.6 Å². The van der Waals surface area contributed by atoms with Crippen molar-refractivity contribution >= 4 is 24.8 Å². The maximum atomic E-state index is 3.40. The molecule has 0 aliphatic carbocycles. The first kappa shape index (κ1) is 13.1. The Morgan fingerprint density at radius 1 is 1.50 bits per heavy atom. The minimum atomic E-state index is 0. The van der Waals surface area contributed by atoms with Crippen molar-refractivity contribution in [3.63, 3.8) is 0 Å². The van der Waals surface area contributed by atoms with E-state index in [1.165, 1.54) is 19.4 Å². The molecular weight excluding hydrogens is 171 g/mol. The maximum Gasteiger partial charge on any atom is 0.0192 e. The van der Waals surface area contributed by atoms with Gasteiger partial charge >= 0.3 is 0 Å². The van der Waals surface area contributed by atoms with Gasteiger partial charge in [0.25, 0.3) is 0 Å². The summed E-state index contributed by atoms with van der Waals surface area (Å²) in [5.74, 6) is 0. The van der Waals surface area contributed by atoms with Crippen molar-refractivity contribution in [2.45, 2.75) is 18.9 Å². The summed E-state index contributed by atoms with van der Waals surface area (Å²) in [5, 5.41) is 6.54. The molecule has 1 fully saturated rings. The van der Waals surface area contributed by atoms with Gasteiger partial charge in [-0.1, -0.05) is 0 Å². The Hall–Kier alpha value is 0.500. The lowest BCUT2D eigenvalue weighted by atomic mass is 10.2. The van der Waals surface area contributed by atoms with Crippen LogP contribution in [0.3, 0.4) is 0 Å². The van der Waals surface area contributed by atoms with Crippen molar-refractivity contribution < 1.29 is 0 Å². The Morgan fingerprint density at radius 2 is 2.20 bits per heavy atom. The molecule has 1 heterocycles. The molecule has 1 saturated heterocycles. The Labute approximate surface area is 75.0 Å². The van der Waals surface area contributed by atoms with E-state index in [0.29, 0.717) is 0 Å². The van der Waals surface area contributed by atoms with E-state index in [2.05, 4.69) is 10.6 Å². The highest BCUT2D eigenvalue weighted by atomic mass is 35.5. The highest BCUT2D eigenvalue weighted by Crippen LogP contribution is 2.02. The molecule has 1 atom stereocenters. The number of hydrogen-bond donors (Lipinski definition) is 2.